The van der Waals surface area contributed by atoms with Crippen LogP contribution in [0.15, 0.2) is 87.6 Å². The fourth-order valence-electron chi connectivity index (χ4n) is 3.54. The summed E-state index contributed by atoms with van der Waals surface area (Å²) in [7, 11) is 1.80. The van der Waals surface area contributed by atoms with Gasteiger partial charge in [0.1, 0.15) is 0 Å². The molecule has 0 radical (unpaired) electrons. The number of ketones is 1. The fraction of sp³-hybridized carbons (Fsp3) is 0.138. The number of hydrogen-bond acceptors (Lipinski definition) is 7. The molecule has 1 aliphatic rings. The molecule has 8 nitrogen and oxygen atoms in total. The highest BCUT2D eigenvalue weighted by Gasteiger charge is 2.28. The number of piperidine rings is 1. The van der Waals surface area contributed by atoms with Crippen LogP contribution < -0.4 is 16.3 Å². The van der Waals surface area contributed by atoms with Crippen LogP contribution in [0.25, 0.3) is 28.4 Å². The topological polar surface area (TPSA) is 118 Å². The molecule has 38 heavy (non-hydrogen) atoms. The molecule has 2 heterocycles. The summed E-state index contributed by atoms with van der Waals surface area (Å²) in [5.74, 6) is -0.845. The van der Waals surface area contributed by atoms with Gasteiger partial charge in [0.15, 0.2) is 5.78 Å². The number of hydrogen-bond donors (Lipinski definition) is 2. The Hall–Kier alpha value is -4.56. The third-order valence-electron chi connectivity index (χ3n) is 5.52. The largest absolute Gasteiger partial charge is 0.403 e. The maximum absolute atomic E-state index is 11.9. The van der Waals surface area contributed by atoms with Gasteiger partial charge >= 0.3 is 5.63 Å². The number of anilines is 1. The highest BCUT2D eigenvalue weighted by Crippen LogP contribution is 2.19. The molecule has 4 aromatic rings. The van der Waals surface area contributed by atoms with Gasteiger partial charge in [0.05, 0.1) is 22.9 Å². The molecule has 2 N–H and O–H groups in total. The quantitative estimate of drug-likeness (QED) is 0.126. The van der Waals surface area contributed by atoms with Crippen LogP contribution in [0.5, 0.6) is 0 Å². The number of halogens is 1. The van der Waals surface area contributed by atoms with E-state index >= 15 is 0 Å². The van der Waals surface area contributed by atoms with E-state index in [1.807, 2.05) is 42.5 Å². The summed E-state index contributed by atoms with van der Waals surface area (Å²) in [6.07, 6.45) is 1.22. The van der Waals surface area contributed by atoms with Gasteiger partial charge in [-0.1, -0.05) is 43.8 Å². The summed E-state index contributed by atoms with van der Waals surface area (Å²) in [5.41, 5.74) is 3.72. The number of Topliss-reactive ketones (excluding diaryl/α,β-unsaturated/α-hetero) is 1. The van der Waals surface area contributed by atoms with Crippen LogP contribution in [0, 0.1) is 0 Å². The first-order chi connectivity index (χ1) is 17.9. The number of alkyl halides is 1. The van der Waals surface area contributed by atoms with E-state index in [0.717, 1.165) is 22.4 Å². The molecule has 0 atom stereocenters. The molecule has 1 aromatic heterocycles. The highest BCUT2D eigenvalue weighted by molar-refractivity contribution is 6.32. The van der Waals surface area contributed by atoms with Gasteiger partial charge in [0.2, 0.25) is 11.8 Å². The molecule has 1 fully saturated rings. The summed E-state index contributed by atoms with van der Waals surface area (Å²) < 4.78 is 5.25. The Morgan fingerprint density at radius 3 is 2.29 bits per heavy atom. The first kappa shape index (κ1) is 28.0. The number of fused-ring (bicyclic) bond motifs is 1. The molecule has 0 unspecified atom stereocenters. The zero-order valence-electron chi connectivity index (χ0n) is 19.8. The van der Waals surface area contributed by atoms with Crippen molar-refractivity contribution in [2.24, 2.45) is 0 Å². The SMILES string of the molecule is C.CNc1ccc(/C=C2\C(=O)CC(=O)NC2=O)cc1.O=c1oc(-c2ccc(CCl)cc2)nc2ccccc12. The Labute approximate surface area is 224 Å². The van der Waals surface area contributed by atoms with Gasteiger partial charge in [0, 0.05) is 24.2 Å². The summed E-state index contributed by atoms with van der Waals surface area (Å²) in [5, 5.41) is 5.58. The molecule has 0 spiro atoms. The zero-order valence-corrected chi connectivity index (χ0v) is 20.5. The first-order valence-electron chi connectivity index (χ1n) is 11.3. The van der Waals surface area contributed by atoms with Crippen LogP contribution in [0.4, 0.5) is 5.69 Å². The van der Waals surface area contributed by atoms with E-state index in [1.54, 1.807) is 37.4 Å². The Kier molecular flexibility index (Phi) is 9.29. The van der Waals surface area contributed by atoms with Gasteiger partial charge < -0.3 is 9.73 Å². The Morgan fingerprint density at radius 2 is 1.66 bits per heavy atom. The minimum atomic E-state index is -0.631. The summed E-state index contributed by atoms with van der Waals surface area (Å²) in [6.45, 7) is 0. The number of aromatic nitrogens is 1. The molecule has 2 amide bonds. The molecule has 0 bridgehead atoms. The molecule has 9 heteroatoms. The normalized spacial score (nSPS) is 13.8. The van der Waals surface area contributed by atoms with Crippen molar-refractivity contribution in [3.63, 3.8) is 0 Å². The minimum Gasteiger partial charge on any atom is -0.403 e. The number of amides is 2. The summed E-state index contributed by atoms with van der Waals surface area (Å²) in [6, 6.07) is 21.8. The molecule has 0 saturated carbocycles. The van der Waals surface area contributed by atoms with Crippen LogP contribution in [0.1, 0.15) is 25.0 Å². The van der Waals surface area contributed by atoms with Crippen molar-refractivity contribution in [2.45, 2.75) is 19.7 Å². The third-order valence-corrected chi connectivity index (χ3v) is 5.83. The number of nitrogens with zero attached hydrogens (tertiary/aromatic N) is 1. The third kappa shape index (κ3) is 6.60. The van der Waals surface area contributed by atoms with E-state index in [4.69, 9.17) is 16.0 Å². The predicted molar refractivity (Wildman–Crippen MR) is 149 cm³/mol. The van der Waals surface area contributed by atoms with Crippen molar-refractivity contribution in [3.8, 4) is 11.5 Å². The minimum absolute atomic E-state index is 0. The second-order valence-corrected chi connectivity index (χ2v) is 8.33. The average Bonchev–Trinajstić information content (AvgIpc) is 2.91. The number of imide groups is 1. The van der Waals surface area contributed by atoms with E-state index in [-0.39, 0.29) is 25.0 Å². The van der Waals surface area contributed by atoms with Crippen LogP contribution in [0.2, 0.25) is 0 Å². The van der Waals surface area contributed by atoms with Gasteiger partial charge in [-0.25, -0.2) is 9.78 Å². The van der Waals surface area contributed by atoms with Crippen LogP contribution >= 0.6 is 11.6 Å². The average molecular weight is 532 g/mol. The molecule has 0 aliphatic carbocycles. The van der Waals surface area contributed by atoms with Crippen molar-refractivity contribution in [1.29, 1.82) is 0 Å². The van der Waals surface area contributed by atoms with Gasteiger partial charge in [-0.2, -0.15) is 0 Å². The first-order valence-corrected chi connectivity index (χ1v) is 11.8. The lowest BCUT2D eigenvalue weighted by Crippen LogP contribution is -2.40. The van der Waals surface area contributed by atoms with Crippen molar-refractivity contribution < 1.29 is 18.8 Å². The molecule has 5 rings (SSSR count). The number of benzene rings is 3. The Balaban J connectivity index is 0.000000206. The van der Waals surface area contributed by atoms with Gasteiger partial charge in [-0.15, -0.1) is 11.6 Å². The lowest BCUT2D eigenvalue weighted by molar-refractivity contribution is -0.134. The standard InChI is InChI=1S/C15H10ClNO2.C13H12N2O3.CH4/c16-9-10-5-7-11(8-6-10)14-17-13-4-2-1-3-12(13)15(18)19-14;1-14-9-4-2-8(3-5-9)6-10-11(16)7-12(17)15-13(10)18;/h1-8H,9H2;2-6,14H,7H2,1H3,(H,15,17,18);1H4/b;10-6+;. The van der Waals surface area contributed by atoms with E-state index in [2.05, 4.69) is 15.6 Å². The van der Waals surface area contributed by atoms with Crippen molar-refractivity contribution in [1.82, 2.24) is 10.3 Å². The fourth-order valence-corrected chi connectivity index (χ4v) is 3.72. The number of rotatable bonds is 4. The molecule has 1 saturated heterocycles. The Bertz CT molecular complexity index is 1540. The molecular formula is C29H26ClN3O5. The smallest absolute Gasteiger partial charge is 0.347 e. The van der Waals surface area contributed by atoms with E-state index in [0.29, 0.717) is 22.7 Å². The lowest BCUT2D eigenvalue weighted by atomic mass is 10.0. The lowest BCUT2D eigenvalue weighted by Gasteiger charge is -2.12. The van der Waals surface area contributed by atoms with Crippen molar-refractivity contribution >= 4 is 51.9 Å². The van der Waals surface area contributed by atoms with Crippen LogP contribution in [-0.2, 0) is 20.3 Å². The maximum atomic E-state index is 11.9. The maximum Gasteiger partial charge on any atom is 0.347 e. The number of nitrogens with one attached hydrogen (secondary N) is 2. The summed E-state index contributed by atoms with van der Waals surface area (Å²) >= 11 is 5.74. The molecule has 3 aromatic carbocycles. The Morgan fingerprint density at radius 1 is 0.974 bits per heavy atom. The van der Waals surface area contributed by atoms with Gasteiger partial charge in [-0.3, -0.25) is 19.7 Å². The molecule has 194 valence electrons. The van der Waals surface area contributed by atoms with Crippen molar-refractivity contribution in [2.75, 3.05) is 12.4 Å². The molecule has 1 aliphatic heterocycles. The van der Waals surface area contributed by atoms with Gasteiger partial charge in [-0.05, 0) is 53.6 Å². The number of carbonyl (C=O) groups is 3. The van der Waals surface area contributed by atoms with Crippen LogP contribution in [0.3, 0.4) is 0 Å². The summed E-state index contributed by atoms with van der Waals surface area (Å²) in [4.78, 5) is 50.3. The van der Waals surface area contributed by atoms with E-state index in [1.165, 1.54) is 6.08 Å². The van der Waals surface area contributed by atoms with Crippen LogP contribution in [-0.4, -0.2) is 29.6 Å². The van der Waals surface area contributed by atoms with Crippen molar-refractivity contribution in [3.05, 3.63) is 99.9 Å². The number of para-hydroxylation sites is 1. The second kappa shape index (κ2) is 12.6. The predicted octanol–water partition coefficient (Wildman–Crippen LogP) is 4.96. The monoisotopic (exact) mass is 531 g/mol. The zero-order chi connectivity index (χ0) is 26.4. The highest BCUT2D eigenvalue weighted by atomic mass is 35.5. The van der Waals surface area contributed by atoms with Gasteiger partial charge in [0.25, 0.3) is 5.91 Å². The van der Waals surface area contributed by atoms with E-state index < -0.39 is 17.6 Å². The van der Waals surface area contributed by atoms with E-state index in [9.17, 15) is 19.2 Å². The molecular weight excluding hydrogens is 506 g/mol. The second-order valence-electron chi connectivity index (χ2n) is 8.06. The number of carbonyl (C=O) groups excluding carboxylic acids is 3.